The van der Waals surface area contributed by atoms with Gasteiger partial charge in [-0.15, -0.1) is 11.8 Å². The summed E-state index contributed by atoms with van der Waals surface area (Å²) >= 11 is 1.54. The van der Waals surface area contributed by atoms with E-state index in [9.17, 15) is 9.59 Å². The van der Waals surface area contributed by atoms with E-state index >= 15 is 0 Å². The highest BCUT2D eigenvalue weighted by molar-refractivity contribution is 7.99. The molecule has 0 spiro atoms. The predicted octanol–water partition coefficient (Wildman–Crippen LogP) is 4.81. The number of rotatable bonds is 7. The largest absolute Gasteiger partial charge is 0.325 e. The van der Waals surface area contributed by atoms with Crippen LogP contribution in [0.25, 0.3) is 0 Å². The van der Waals surface area contributed by atoms with E-state index in [-0.39, 0.29) is 11.8 Å². The van der Waals surface area contributed by atoms with Crippen LogP contribution in [0, 0.1) is 0 Å². The first-order valence-electron chi connectivity index (χ1n) is 8.59. The number of carbonyl (C=O) groups excluding carboxylic acids is 2. The molecule has 0 fully saturated rings. The van der Waals surface area contributed by atoms with E-state index in [1.165, 1.54) is 17.3 Å². The molecule has 0 aliphatic heterocycles. The van der Waals surface area contributed by atoms with Crippen molar-refractivity contribution in [3.05, 3.63) is 96.1 Å². The average molecular weight is 376 g/mol. The lowest BCUT2D eigenvalue weighted by atomic mass is 10.1. The number of carbonyl (C=O) groups is 2. The molecule has 3 aromatic carbocycles. The molecule has 2 N–H and O–H groups in total. The summed E-state index contributed by atoms with van der Waals surface area (Å²) in [5, 5.41) is 5.68. The van der Waals surface area contributed by atoms with E-state index in [2.05, 4.69) is 10.6 Å². The summed E-state index contributed by atoms with van der Waals surface area (Å²) in [7, 11) is 0. The molecule has 0 aliphatic rings. The molecule has 0 aromatic heterocycles. The van der Waals surface area contributed by atoms with Gasteiger partial charge in [-0.2, -0.15) is 0 Å². The second-order valence-corrected chi connectivity index (χ2v) is 6.88. The SMILES string of the molecule is O=C(CSCc1ccccc1)Nc1ccccc1C(=O)Nc1ccccc1. The van der Waals surface area contributed by atoms with Gasteiger partial charge in [0.05, 0.1) is 17.0 Å². The van der Waals surface area contributed by atoms with Gasteiger partial charge >= 0.3 is 0 Å². The number of amides is 2. The first kappa shape index (κ1) is 18.7. The fourth-order valence-electron chi connectivity index (χ4n) is 2.53. The molecule has 0 atom stereocenters. The zero-order chi connectivity index (χ0) is 18.9. The maximum atomic E-state index is 12.5. The van der Waals surface area contributed by atoms with E-state index < -0.39 is 0 Å². The van der Waals surface area contributed by atoms with Crippen LogP contribution in [0.5, 0.6) is 0 Å². The lowest BCUT2D eigenvalue weighted by molar-refractivity contribution is -0.113. The van der Waals surface area contributed by atoms with Crippen molar-refractivity contribution in [1.82, 2.24) is 0 Å². The van der Waals surface area contributed by atoms with Crippen molar-refractivity contribution in [2.24, 2.45) is 0 Å². The monoisotopic (exact) mass is 376 g/mol. The number of thioether (sulfide) groups is 1. The molecular weight excluding hydrogens is 356 g/mol. The van der Waals surface area contributed by atoms with Crippen LogP contribution >= 0.6 is 11.8 Å². The van der Waals surface area contributed by atoms with E-state index in [0.717, 1.165) is 5.75 Å². The predicted molar refractivity (Wildman–Crippen MR) is 112 cm³/mol. The Morgan fingerprint density at radius 2 is 1.37 bits per heavy atom. The van der Waals surface area contributed by atoms with Gasteiger partial charge < -0.3 is 10.6 Å². The van der Waals surface area contributed by atoms with Gasteiger partial charge in [-0.05, 0) is 29.8 Å². The third-order valence-corrected chi connectivity index (χ3v) is 4.83. The molecule has 3 aromatic rings. The standard InChI is InChI=1S/C22H20N2O2S/c25-21(16-27-15-17-9-3-1-4-10-17)24-20-14-8-7-13-19(20)22(26)23-18-11-5-2-6-12-18/h1-14H,15-16H2,(H,23,26)(H,24,25). The van der Waals surface area contributed by atoms with Crippen LogP contribution < -0.4 is 10.6 Å². The Balaban J connectivity index is 1.58. The zero-order valence-corrected chi connectivity index (χ0v) is 15.5. The van der Waals surface area contributed by atoms with Crippen LogP contribution in [-0.2, 0) is 10.5 Å². The smallest absolute Gasteiger partial charge is 0.257 e. The Morgan fingerprint density at radius 3 is 2.11 bits per heavy atom. The number of benzene rings is 3. The lowest BCUT2D eigenvalue weighted by Crippen LogP contribution is -2.19. The fraction of sp³-hybridized carbons (Fsp3) is 0.0909. The molecule has 0 radical (unpaired) electrons. The van der Waals surface area contributed by atoms with Gasteiger partial charge in [0, 0.05) is 11.4 Å². The highest BCUT2D eigenvalue weighted by atomic mass is 32.2. The number of hydrogen-bond acceptors (Lipinski definition) is 3. The number of para-hydroxylation sites is 2. The summed E-state index contributed by atoms with van der Waals surface area (Å²) in [4.78, 5) is 24.8. The van der Waals surface area contributed by atoms with Crippen molar-refractivity contribution in [2.45, 2.75) is 5.75 Å². The number of anilines is 2. The van der Waals surface area contributed by atoms with Crippen molar-refractivity contribution in [3.63, 3.8) is 0 Å². The summed E-state index contributed by atoms with van der Waals surface area (Å²) in [6.07, 6.45) is 0. The number of nitrogens with one attached hydrogen (secondary N) is 2. The van der Waals surface area contributed by atoms with Gasteiger partial charge in [0.15, 0.2) is 0 Å². The highest BCUT2D eigenvalue weighted by Crippen LogP contribution is 2.18. The minimum absolute atomic E-state index is 0.129. The summed E-state index contributed by atoms with van der Waals surface area (Å²) in [5.74, 6) is 0.707. The highest BCUT2D eigenvalue weighted by Gasteiger charge is 2.13. The van der Waals surface area contributed by atoms with E-state index in [1.807, 2.05) is 60.7 Å². The molecule has 27 heavy (non-hydrogen) atoms. The Kier molecular flexibility index (Phi) is 6.66. The van der Waals surface area contributed by atoms with Crippen molar-refractivity contribution >= 4 is 35.0 Å². The topological polar surface area (TPSA) is 58.2 Å². The van der Waals surface area contributed by atoms with E-state index in [4.69, 9.17) is 0 Å². The van der Waals surface area contributed by atoms with Crippen molar-refractivity contribution in [1.29, 1.82) is 0 Å². The Bertz CT molecular complexity index is 898. The normalized spacial score (nSPS) is 10.2. The molecule has 0 aliphatic carbocycles. The minimum atomic E-state index is -0.256. The van der Waals surface area contributed by atoms with E-state index in [1.54, 1.807) is 24.3 Å². The maximum absolute atomic E-state index is 12.5. The third kappa shape index (κ3) is 5.72. The van der Waals surface area contributed by atoms with Crippen LogP contribution in [0.15, 0.2) is 84.9 Å². The number of hydrogen-bond donors (Lipinski definition) is 2. The van der Waals surface area contributed by atoms with Gasteiger partial charge in [0.2, 0.25) is 5.91 Å². The zero-order valence-electron chi connectivity index (χ0n) is 14.7. The van der Waals surface area contributed by atoms with Crippen LogP contribution in [0.1, 0.15) is 15.9 Å². The van der Waals surface area contributed by atoms with Crippen LogP contribution in [-0.4, -0.2) is 17.6 Å². The summed E-state index contributed by atoms with van der Waals surface area (Å²) in [5.41, 5.74) is 2.83. The molecule has 2 amide bonds. The molecule has 0 heterocycles. The lowest BCUT2D eigenvalue weighted by Gasteiger charge is -2.11. The summed E-state index contributed by atoms with van der Waals surface area (Å²) in [6.45, 7) is 0. The van der Waals surface area contributed by atoms with Gasteiger partial charge in [0.25, 0.3) is 5.91 Å². The van der Waals surface area contributed by atoms with Gasteiger partial charge in [-0.3, -0.25) is 9.59 Å². The summed E-state index contributed by atoms with van der Waals surface area (Å²) < 4.78 is 0. The molecule has 0 unspecified atom stereocenters. The summed E-state index contributed by atoms with van der Waals surface area (Å²) in [6, 6.07) is 26.3. The Hall–Kier alpha value is -3.05. The molecule has 5 heteroatoms. The minimum Gasteiger partial charge on any atom is -0.325 e. The molecule has 0 saturated heterocycles. The first-order valence-corrected chi connectivity index (χ1v) is 9.75. The Labute approximate surface area is 163 Å². The molecule has 136 valence electrons. The molecule has 3 rings (SSSR count). The molecule has 0 bridgehead atoms. The average Bonchev–Trinajstić information content (AvgIpc) is 2.70. The van der Waals surface area contributed by atoms with Gasteiger partial charge in [-0.25, -0.2) is 0 Å². The van der Waals surface area contributed by atoms with Crippen molar-refractivity contribution < 1.29 is 9.59 Å². The molecule has 0 saturated carbocycles. The van der Waals surface area contributed by atoms with Crippen molar-refractivity contribution in [2.75, 3.05) is 16.4 Å². The second-order valence-electron chi connectivity index (χ2n) is 5.89. The van der Waals surface area contributed by atoms with Crippen LogP contribution in [0.3, 0.4) is 0 Å². The van der Waals surface area contributed by atoms with E-state index in [0.29, 0.717) is 22.7 Å². The quantitative estimate of drug-likeness (QED) is 0.622. The van der Waals surface area contributed by atoms with Gasteiger partial charge in [-0.1, -0.05) is 60.7 Å². The van der Waals surface area contributed by atoms with Gasteiger partial charge in [0.1, 0.15) is 0 Å². The molecular formula is C22H20N2O2S. The first-order chi connectivity index (χ1) is 13.2. The van der Waals surface area contributed by atoms with Crippen molar-refractivity contribution in [3.8, 4) is 0 Å². The Morgan fingerprint density at radius 1 is 0.741 bits per heavy atom. The second kappa shape index (κ2) is 9.59. The van der Waals surface area contributed by atoms with Crippen LogP contribution in [0.4, 0.5) is 11.4 Å². The fourth-order valence-corrected chi connectivity index (χ4v) is 3.32. The van der Waals surface area contributed by atoms with Crippen LogP contribution in [0.2, 0.25) is 0 Å². The molecule has 4 nitrogen and oxygen atoms in total. The maximum Gasteiger partial charge on any atom is 0.257 e. The third-order valence-electron chi connectivity index (χ3n) is 3.82.